The first-order valence-corrected chi connectivity index (χ1v) is 5.71. The number of hydrogen-bond acceptors (Lipinski definition) is 3. The summed E-state index contributed by atoms with van der Waals surface area (Å²) in [7, 11) is 0. The van der Waals surface area contributed by atoms with Crippen molar-refractivity contribution in [3.63, 3.8) is 0 Å². The molecule has 3 nitrogen and oxygen atoms in total. The van der Waals surface area contributed by atoms with Gasteiger partial charge in [0.15, 0.2) is 0 Å². The van der Waals surface area contributed by atoms with E-state index in [9.17, 15) is 0 Å². The highest BCUT2D eigenvalue weighted by molar-refractivity contribution is 6.34. The van der Waals surface area contributed by atoms with Crippen LogP contribution >= 0.6 is 23.2 Å². The quantitative estimate of drug-likeness (QED) is 0.925. The van der Waals surface area contributed by atoms with E-state index in [-0.39, 0.29) is 0 Å². The molecule has 0 fully saturated rings. The minimum absolute atomic E-state index is 0.410. The summed E-state index contributed by atoms with van der Waals surface area (Å²) in [6.45, 7) is 0.410. The van der Waals surface area contributed by atoms with E-state index in [1.807, 2.05) is 6.07 Å². The van der Waals surface area contributed by atoms with Crippen molar-refractivity contribution < 1.29 is 4.74 Å². The van der Waals surface area contributed by atoms with Gasteiger partial charge >= 0.3 is 0 Å². The molecular weight excluding hydrogens is 259 g/mol. The van der Waals surface area contributed by atoms with Crippen LogP contribution in [0.4, 0.5) is 0 Å². The number of halogens is 2. The SMILES string of the molecule is NCc1cncc(Oc2cc(Cl)ccc2Cl)c1. The summed E-state index contributed by atoms with van der Waals surface area (Å²) >= 11 is 11.9. The largest absolute Gasteiger partial charge is 0.454 e. The van der Waals surface area contributed by atoms with Crippen molar-refractivity contribution in [2.24, 2.45) is 5.73 Å². The first kappa shape index (κ1) is 12.2. The molecule has 0 unspecified atom stereocenters. The first-order valence-electron chi connectivity index (χ1n) is 4.96. The predicted molar refractivity (Wildman–Crippen MR) is 68.7 cm³/mol. The van der Waals surface area contributed by atoms with Crippen LogP contribution < -0.4 is 10.5 Å². The Morgan fingerprint density at radius 3 is 2.76 bits per heavy atom. The molecule has 0 bridgehead atoms. The molecule has 1 aromatic carbocycles. The lowest BCUT2D eigenvalue weighted by Gasteiger charge is -2.08. The zero-order valence-corrected chi connectivity index (χ0v) is 10.4. The maximum Gasteiger partial charge on any atom is 0.147 e. The molecule has 0 saturated heterocycles. The lowest BCUT2D eigenvalue weighted by Crippen LogP contribution is -1.97. The molecule has 0 atom stereocenters. The highest BCUT2D eigenvalue weighted by atomic mass is 35.5. The fourth-order valence-corrected chi connectivity index (χ4v) is 1.63. The van der Waals surface area contributed by atoms with Crippen LogP contribution in [0.15, 0.2) is 36.7 Å². The van der Waals surface area contributed by atoms with Crippen molar-refractivity contribution in [1.29, 1.82) is 0 Å². The number of rotatable bonds is 3. The molecule has 0 aliphatic heterocycles. The van der Waals surface area contributed by atoms with E-state index in [1.54, 1.807) is 30.6 Å². The number of hydrogen-bond donors (Lipinski definition) is 1. The monoisotopic (exact) mass is 268 g/mol. The summed E-state index contributed by atoms with van der Waals surface area (Å²) < 4.78 is 5.60. The number of nitrogens with two attached hydrogens (primary N) is 1. The van der Waals surface area contributed by atoms with Crippen LogP contribution in [0.5, 0.6) is 11.5 Å². The second-order valence-corrected chi connectivity index (χ2v) is 4.25. The van der Waals surface area contributed by atoms with Crippen molar-refractivity contribution >= 4 is 23.2 Å². The summed E-state index contributed by atoms with van der Waals surface area (Å²) in [5.74, 6) is 1.08. The Bertz CT molecular complexity index is 532. The molecule has 2 N–H and O–H groups in total. The second kappa shape index (κ2) is 5.36. The standard InChI is InChI=1S/C12H10Cl2N2O/c13-9-1-2-11(14)12(4-9)17-10-3-8(5-15)6-16-7-10/h1-4,6-7H,5,15H2. The number of pyridine rings is 1. The van der Waals surface area contributed by atoms with Crippen LogP contribution in [0.25, 0.3) is 0 Å². The van der Waals surface area contributed by atoms with Gasteiger partial charge in [-0.1, -0.05) is 23.2 Å². The zero-order chi connectivity index (χ0) is 12.3. The predicted octanol–water partition coefficient (Wildman–Crippen LogP) is 3.64. The molecule has 2 rings (SSSR count). The van der Waals surface area contributed by atoms with Gasteiger partial charge in [0.1, 0.15) is 11.5 Å². The van der Waals surface area contributed by atoms with E-state index in [1.165, 1.54) is 0 Å². The molecule has 88 valence electrons. The van der Waals surface area contributed by atoms with Crippen molar-refractivity contribution in [2.45, 2.75) is 6.54 Å². The molecule has 0 amide bonds. The molecule has 0 radical (unpaired) electrons. The smallest absolute Gasteiger partial charge is 0.147 e. The number of benzene rings is 1. The average molecular weight is 269 g/mol. The van der Waals surface area contributed by atoms with E-state index in [0.717, 1.165) is 5.56 Å². The Balaban J connectivity index is 2.27. The maximum atomic E-state index is 5.99. The molecule has 0 aliphatic rings. The maximum absolute atomic E-state index is 5.99. The van der Waals surface area contributed by atoms with Gasteiger partial charge in [0.2, 0.25) is 0 Å². The summed E-state index contributed by atoms with van der Waals surface area (Å²) in [5, 5.41) is 1.06. The van der Waals surface area contributed by atoms with Crippen molar-refractivity contribution in [3.05, 3.63) is 52.3 Å². The number of nitrogens with zero attached hydrogens (tertiary/aromatic N) is 1. The number of aromatic nitrogens is 1. The van der Waals surface area contributed by atoms with Crippen molar-refractivity contribution in [2.75, 3.05) is 0 Å². The number of ether oxygens (including phenoxy) is 1. The molecule has 17 heavy (non-hydrogen) atoms. The highest BCUT2D eigenvalue weighted by Crippen LogP contribution is 2.31. The van der Waals surface area contributed by atoms with E-state index in [2.05, 4.69) is 4.98 Å². The van der Waals surface area contributed by atoms with Crippen LogP contribution in [0.1, 0.15) is 5.56 Å². The Labute approximate surface area is 109 Å². The van der Waals surface area contributed by atoms with E-state index in [0.29, 0.717) is 28.1 Å². The molecule has 1 aromatic heterocycles. The lowest BCUT2D eigenvalue weighted by molar-refractivity contribution is 0.479. The first-order chi connectivity index (χ1) is 8.19. The zero-order valence-electron chi connectivity index (χ0n) is 8.86. The van der Waals surface area contributed by atoms with Crippen LogP contribution in [-0.4, -0.2) is 4.98 Å². The molecule has 0 saturated carbocycles. The fraction of sp³-hybridized carbons (Fsp3) is 0.0833. The Morgan fingerprint density at radius 2 is 2.00 bits per heavy atom. The van der Waals surface area contributed by atoms with Crippen LogP contribution in [0, 0.1) is 0 Å². The Morgan fingerprint density at radius 1 is 1.18 bits per heavy atom. The second-order valence-electron chi connectivity index (χ2n) is 3.41. The van der Waals surface area contributed by atoms with Crippen LogP contribution in [0.3, 0.4) is 0 Å². The van der Waals surface area contributed by atoms with Gasteiger partial charge in [-0.05, 0) is 23.8 Å². The highest BCUT2D eigenvalue weighted by Gasteiger charge is 2.05. The van der Waals surface area contributed by atoms with Gasteiger partial charge in [0.05, 0.1) is 11.2 Å². The van der Waals surface area contributed by atoms with Crippen molar-refractivity contribution in [1.82, 2.24) is 4.98 Å². The van der Waals surface area contributed by atoms with E-state index >= 15 is 0 Å². The normalized spacial score (nSPS) is 10.3. The van der Waals surface area contributed by atoms with Gasteiger partial charge in [-0.3, -0.25) is 4.98 Å². The minimum atomic E-state index is 0.410. The molecule has 0 spiro atoms. The third kappa shape index (κ3) is 3.09. The van der Waals surface area contributed by atoms with Crippen LogP contribution in [-0.2, 0) is 6.54 Å². The molecule has 0 aliphatic carbocycles. The van der Waals surface area contributed by atoms with Gasteiger partial charge in [0, 0.05) is 23.8 Å². The summed E-state index contributed by atoms with van der Waals surface area (Å²) in [5.41, 5.74) is 6.41. The van der Waals surface area contributed by atoms with Gasteiger partial charge in [-0.15, -0.1) is 0 Å². The molecular formula is C12H10Cl2N2O. The lowest BCUT2D eigenvalue weighted by atomic mass is 10.3. The summed E-state index contributed by atoms with van der Waals surface area (Å²) in [6, 6.07) is 6.84. The van der Waals surface area contributed by atoms with Gasteiger partial charge < -0.3 is 10.5 Å². The third-order valence-electron chi connectivity index (χ3n) is 2.13. The fourth-order valence-electron chi connectivity index (χ4n) is 1.31. The Kier molecular flexibility index (Phi) is 3.84. The topological polar surface area (TPSA) is 48.1 Å². The van der Waals surface area contributed by atoms with Crippen molar-refractivity contribution in [3.8, 4) is 11.5 Å². The summed E-state index contributed by atoms with van der Waals surface area (Å²) in [4.78, 5) is 4.02. The van der Waals surface area contributed by atoms with E-state index < -0.39 is 0 Å². The van der Waals surface area contributed by atoms with Crippen LogP contribution in [0.2, 0.25) is 10.0 Å². The molecule has 2 aromatic rings. The van der Waals surface area contributed by atoms with Gasteiger partial charge in [-0.2, -0.15) is 0 Å². The summed E-state index contributed by atoms with van der Waals surface area (Å²) in [6.07, 6.45) is 3.28. The molecule has 1 heterocycles. The molecule has 5 heteroatoms. The van der Waals surface area contributed by atoms with E-state index in [4.69, 9.17) is 33.7 Å². The average Bonchev–Trinajstić information content (AvgIpc) is 2.34. The third-order valence-corrected chi connectivity index (χ3v) is 2.67. The van der Waals surface area contributed by atoms with Gasteiger partial charge in [-0.25, -0.2) is 0 Å². The van der Waals surface area contributed by atoms with Gasteiger partial charge in [0.25, 0.3) is 0 Å². The Hall–Kier alpha value is -1.29. The minimum Gasteiger partial charge on any atom is -0.454 e.